The van der Waals surface area contributed by atoms with Crippen LogP contribution in [-0.2, 0) is 0 Å². The summed E-state index contributed by atoms with van der Waals surface area (Å²) in [5.41, 5.74) is 0.792. The van der Waals surface area contributed by atoms with Crippen LogP contribution in [0.4, 0.5) is 5.69 Å². The summed E-state index contributed by atoms with van der Waals surface area (Å²) in [4.78, 5) is 12.6. The smallest absolute Gasteiger partial charge is 0.261 e. The van der Waals surface area contributed by atoms with Crippen LogP contribution in [0.15, 0.2) is 34.8 Å². The van der Waals surface area contributed by atoms with E-state index in [-0.39, 0.29) is 5.11 Å². The first kappa shape index (κ1) is 21.3. The lowest BCUT2D eigenvalue weighted by Gasteiger charge is -2.14. The Morgan fingerprint density at radius 1 is 1.15 bits per heavy atom. The van der Waals surface area contributed by atoms with E-state index in [2.05, 4.69) is 26.6 Å². The number of carbonyl (C=O) groups is 1. The fourth-order valence-electron chi connectivity index (χ4n) is 1.96. The van der Waals surface area contributed by atoms with Crippen molar-refractivity contribution in [3.63, 3.8) is 0 Å². The molecule has 2 aromatic carbocycles. The number of hydrogen-bond donors (Lipinski definition) is 2. The highest BCUT2D eigenvalue weighted by atomic mass is 79.9. The summed E-state index contributed by atoms with van der Waals surface area (Å²) in [5.74, 6) is 0.0639. The second-order valence-electron chi connectivity index (χ2n) is 5.14. The largest absolute Gasteiger partial charge is 0.493 e. The second-order valence-corrected chi connectivity index (χ2v) is 7.69. The van der Waals surface area contributed by atoms with Crippen molar-refractivity contribution in [2.24, 2.45) is 0 Å². The van der Waals surface area contributed by atoms with Gasteiger partial charge in [0, 0.05) is 4.47 Å². The lowest BCUT2D eigenvalue weighted by Crippen LogP contribution is -2.34. The van der Waals surface area contributed by atoms with Gasteiger partial charge in [0.1, 0.15) is 5.75 Å². The Morgan fingerprint density at radius 3 is 2.54 bits per heavy atom. The third-order valence-electron chi connectivity index (χ3n) is 3.13. The highest BCUT2D eigenvalue weighted by Gasteiger charge is 2.16. The Bertz CT molecular complexity index is 849. The first-order valence-electron chi connectivity index (χ1n) is 7.51. The molecular weight excluding hydrogens is 483 g/mol. The zero-order valence-electron chi connectivity index (χ0n) is 13.5. The summed E-state index contributed by atoms with van der Waals surface area (Å²) >= 11 is 26.5. The summed E-state index contributed by atoms with van der Waals surface area (Å²) in [6.07, 6.45) is 0.826. The third kappa shape index (κ3) is 5.72. The molecule has 0 saturated heterocycles. The van der Waals surface area contributed by atoms with Gasteiger partial charge in [-0.25, -0.2) is 0 Å². The standard InChI is InChI=1S/C17H14BrCl3N2O2S/c1-2-5-25-15-4-3-9(18)6-10(15)16(24)23-17(26)22-14-8-12(20)11(19)7-13(14)21/h3-4,6-8H,2,5H2,1H3,(H2,22,23,24,26). The molecule has 0 bridgehead atoms. The Kier molecular flexibility index (Phi) is 7.98. The molecule has 0 fully saturated rings. The maximum atomic E-state index is 12.6. The summed E-state index contributed by atoms with van der Waals surface area (Å²) in [6, 6.07) is 8.20. The number of anilines is 1. The molecule has 2 rings (SSSR count). The quantitative estimate of drug-likeness (QED) is 0.375. The lowest BCUT2D eigenvalue weighted by atomic mass is 10.2. The fraction of sp³-hybridized carbons (Fsp3) is 0.176. The predicted octanol–water partition coefficient (Wildman–Crippen LogP) is 6.32. The van der Waals surface area contributed by atoms with E-state index < -0.39 is 5.91 Å². The first-order valence-corrected chi connectivity index (χ1v) is 9.84. The van der Waals surface area contributed by atoms with Gasteiger partial charge in [-0.1, -0.05) is 57.7 Å². The predicted molar refractivity (Wildman–Crippen MR) is 115 cm³/mol. The van der Waals surface area contributed by atoms with Gasteiger partial charge in [0.05, 0.1) is 32.9 Å². The van der Waals surface area contributed by atoms with E-state index in [4.69, 9.17) is 51.8 Å². The van der Waals surface area contributed by atoms with Crippen LogP contribution in [0.5, 0.6) is 5.75 Å². The molecule has 0 radical (unpaired) electrons. The van der Waals surface area contributed by atoms with E-state index in [1.165, 1.54) is 12.1 Å². The number of nitrogens with one attached hydrogen (secondary N) is 2. The van der Waals surface area contributed by atoms with Crippen LogP contribution in [-0.4, -0.2) is 17.6 Å². The van der Waals surface area contributed by atoms with Gasteiger partial charge in [-0.3, -0.25) is 10.1 Å². The van der Waals surface area contributed by atoms with Gasteiger partial charge >= 0.3 is 0 Å². The minimum Gasteiger partial charge on any atom is -0.493 e. The molecule has 2 N–H and O–H groups in total. The first-order chi connectivity index (χ1) is 12.3. The molecule has 0 saturated carbocycles. The number of benzene rings is 2. The molecule has 0 heterocycles. The van der Waals surface area contributed by atoms with E-state index in [1.807, 2.05) is 6.92 Å². The zero-order chi connectivity index (χ0) is 19.3. The number of halogens is 4. The summed E-state index contributed by atoms with van der Waals surface area (Å²) in [5, 5.41) is 6.45. The van der Waals surface area contributed by atoms with Crippen LogP contribution in [0.3, 0.4) is 0 Å². The number of carbonyl (C=O) groups excluding carboxylic acids is 1. The fourth-order valence-corrected chi connectivity index (χ4v) is 3.12. The SMILES string of the molecule is CCCOc1ccc(Br)cc1C(=O)NC(=S)Nc1cc(Cl)c(Cl)cc1Cl. The average molecular weight is 497 g/mol. The Labute approximate surface area is 180 Å². The number of thiocarbonyl (C=S) groups is 1. The highest BCUT2D eigenvalue weighted by Crippen LogP contribution is 2.32. The Morgan fingerprint density at radius 2 is 1.85 bits per heavy atom. The maximum Gasteiger partial charge on any atom is 0.261 e. The van der Waals surface area contributed by atoms with Crippen LogP contribution in [0.25, 0.3) is 0 Å². The van der Waals surface area contributed by atoms with Crippen molar-refractivity contribution in [2.45, 2.75) is 13.3 Å². The monoisotopic (exact) mass is 494 g/mol. The van der Waals surface area contributed by atoms with Gasteiger partial charge in [0.2, 0.25) is 0 Å². The van der Waals surface area contributed by atoms with Gasteiger partial charge in [-0.15, -0.1) is 0 Å². The Hall–Kier alpha value is -1.05. The van der Waals surface area contributed by atoms with Crippen molar-refractivity contribution in [1.82, 2.24) is 5.32 Å². The highest BCUT2D eigenvalue weighted by molar-refractivity contribution is 9.10. The molecule has 138 valence electrons. The topological polar surface area (TPSA) is 50.4 Å². The number of amides is 1. The molecule has 26 heavy (non-hydrogen) atoms. The van der Waals surface area contributed by atoms with Gasteiger partial charge in [0.25, 0.3) is 5.91 Å². The third-order valence-corrected chi connectivity index (χ3v) is 4.87. The minimum absolute atomic E-state index is 0.0664. The van der Waals surface area contributed by atoms with Crippen molar-refractivity contribution in [2.75, 3.05) is 11.9 Å². The number of hydrogen-bond acceptors (Lipinski definition) is 3. The molecule has 0 aromatic heterocycles. The molecule has 0 atom stereocenters. The Balaban J connectivity index is 2.13. The zero-order valence-corrected chi connectivity index (χ0v) is 18.2. The van der Waals surface area contributed by atoms with Gasteiger partial charge in [-0.2, -0.15) is 0 Å². The van der Waals surface area contributed by atoms with Gasteiger partial charge in [0.15, 0.2) is 5.11 Å². The lowest BCUT2D eigenvalue weighted by molar-refractivity contribution is 0.0973. The van der Waals surface area contributed by atoms with Gasteiger partial charge in [-0.05, 0) is 49.0 Å². The molecule has 0 aliphatic rings. The summed E-state index contributed by atoms with van der Waals surface area (Å²) in [6.45, 7) is 2.49. The number of rotatable bonds is 5. The van der Waals surface area contributed by atoms with Crippen LogP contribution in [0.1, 0.15) is 23.7 Å². The van der Waals surface area contributed by atoms with Crippen molar-refractivity contribution in [1.29, 1.82) is 0 Å². The molecular formula is C17H14BrCl3N2O2S. The van der Waals surface area contributed by atoms with Crippen LogP contribution < -0.4 is 15.4 Å². The average Bonchev–Trinajstić information content (AvgIpc) is 2.58. The normalized spacial score (nSPS) is 10.3. The van der Waals surface area contributed by atoms with E-state index >= 15 is 0 Å². The maximum absolute atomic E-state index is 12.6. The number of ether oxygens (including phenoxy) is 1. The summed E-state index contributed by atoms with van der Waals surface area (Å²) < 4.78 is 6.36. The molecule has 0 spiro atoms. The molecule has 1 amide bonds. The van der Waals surface area contributed by atoms with Crippen LogP contribution >= 0.6 is 63.0 Å². The molecule has 9 heteroatoms. The van der Waals surface area contributed by atoms with Crippen molar-refractivity contribution < 1.29 is 9.53 Å². The molecule has 2 aromatic rings. The molecule has 0 aliphatic heterocycles. The molecule has 4 nitrogen and oxygen atoms in total. The second kappa shape index (κ2) is 9.76. The van der Waals surface area contributed by atoms with Crippen molar-refractivity contribution in [3.8, 4) is 5.75 Å². The van der Waals surface area contributed by atoms with E-state index in [1.54, 1.807) is 18.2 Å². The van der Waals surface area contributed by atoms with Crippen LogP contribution in [0, 0.1) is 0 Å². The van der Waals surface area contributed by atoms with E-state index in [0.29, 0.717) is 38.7 Å². The van der Waals surface area contributed by atoms with Crippen molar-refractivity contribution >= 4 is 79.7 Å². The van der Waals surface area contributed by atoms with Gasteiger partial charge < -0.3 is 10.1 Å². The van der Waals surface area contributed by atoms with Crippen molar-refractivity contribution in [3.05, 3.63) is 55.4 Å². The minimum atomic E-state index is -0.411. The molecule has 0 unspecified atom stereocenters. The van der Waals surface area contributed by atoms with E-state index in [9.17, 15) is 4.79 Å². The molecule has 0 aliphatic carbocycles. The van der Waals surface area contributed by atoms with E-state index in [0.717, 1.165) is 10.9 Å². The van der Waals surface area contributed by atoms with Crippen LogP contribution in [0.2, 0.25) is 15.1 Å². The summed E-state index contributed by atoms with van der Waals surface area (Å²) in [7, 11) is 0.